The molecule has 0 amide bonds. The minimum Gasteiger partial charge on any atom is -0.381 e. The number of pyridine rings is 1. The van der Waals surface area contributed by atoms with E-state index in [0.29, 0.717) is 6.54 Å². The molecule has 0 aliphatic heterocycles. The van der Waals surface area contributed by atoms with Crippen molar-refractivity contribution in [2.24, 2.45) is 0 Å². The van der Waals surface area contributed by atoms with Crippen molar-refractivity contribution >= 4 is 5.69 Å². The van der Waals surface area contributed by atoms with Crippen LogP contribution in [0.5, 0.6) is 0 Å². The predicted molar refractivity (Wildman–Crippen MR) is 58.0 cm³/mol. The lowest BCUT2D eigenvalue weighted by atomic mass is 10.2. The normalized spacial score (nSPS) is 9.93. The van der Waals surface area contributed by atoms with Crippen LogP contribution in [-0.2, 0) is 6.54 Å². The molecule has 0 bridgehead atoms. The van der Waals surface area contributed by atoms with E-state index in [2.05, 4.69) is 10.3 Å². The van der Waals surface area contributed by atoms with Crippen LogP contribution in [0.4, 0.5) is 10.1 Å². The van der Waals surface area contributed by atoms with E-state index in [4.69, 9.17) is 0 Å². The van der Waals surface area contributed by atoms with Gasteiger partial charge >= 0.3 is 0 Å². The highest BCUT2D eigenvalue weighted by molar-refractivity contribution is 5.41. The maximum absolute atomic E-state index is 12.7. The molecule has 76 valence electrons. The van der Waals surface area contributed by atoms with Crippen LogP contribution in [0.15, 0.2) is 48.7 Å². The van der Waals surface area contributed by atoms with Crippen LogP contribution >= 0.6 is 0 Å². The second-order valence-corrected chi connectivity index (χ2v) is 3.21. The summed E-state index contributed by atoms with van der Waals surface area (Å²) in [5.74, 6) is -0.465. The molecule has 2 nitrogen and oxygen atoms in total. The lowest BCUT2D eigenvalue weighted by Crippen LogP contribution is -1.99. The molecule has 1 N–H and O–H groups in total. The fourth-order valence-corrected chi connectivity index (χ4v) is 1.31. The van der Waals surface area contributed by atoms with Crippen molar-refractivity contribution in [2.45, 2.75) is 6.54 Å². The van der Waals surface area contributed by atoms with Gasteiger partial charge in [0.25, 0.3) is 0 Å². The minimum atomic E-state index is -0.465. The summed E-state index contributed by atoms with van der Waals surface area (Å²) in [6.07, 6.45) is 1.45. The predicted octanol–water partition coefficient (Wildman–Crippen LogP) is 2.83. The van der Waals surface area contributed by atoms with Gasteiger partial charge in [0.15, 0.2) is 0 Å². The average molecular weight is 202 g/mol. The monoisotopic (exact) mass is 202 g/mol. The molecule has 15 heavy (non-hydrogen) atoms. The third kappa shape index (κ3) is 2.77. The first-order chi connectivity index (χ1) is 7.34. The summed E-state index contributed by atoms with van der Waals surface area (Å²) < 4.78 is 12.7. The van der Waals surface area contributed by atoms with Crippen LogP contribution in [0.3, 0.4) is 0 Å². The van der Waals surface area contributed by atoms with Gasteiger partial charge in [0.1, 0.15) is 0 Å². The molecule has 1 heterocycles. The molecule has 0 fully saturated rings. The first-order valence-corrected chi connectivity index (χ1v) is 4.74. The SMILES string of the molecule is Fc1cc(NCc2ccccc2)ccn1. The number of aromatic nitrogens is 1. The summed E-state index contributed by atoms with van der Waals surface area (Å²) in [6, 6.07) is 13.1. The molecule has 0 aliphatic rings. The second-order valence-electron chi connectivity index (χ2n) is 3.21. The smallest absolute Gasteiger partial charge is 0.214 e. The molecule has 3 heteroatoms. The van der Waals surface area contributed by atoms with Crippen molar-refractivity contribution in [3.63, 3.8) is 0 Å². The van der Waals surface area contributed by atoms with Crippen LogP contribution in [0.1, 0.15) is 5.56 Å². The van der Waals surface area contributed by atoms with Gasteiger partial charge < -0.3 is 5.32 Å². The molecule has 0 aliphatic carbocycles. The number of nitrogens with one attached hydrogen (secondary N) is 1. The first-order valence-electron chi connectivity index (χ1n) is 4.74. The molecule has 2 aromatic rings. The van der Waals surface area contributed by atoms with Gasteiger partial charge in [-0.3, -0.25) is 0 Å². The van der Waals surface area contributed by atoms with E-state index in [1.165, 1.54) is 12.3 Å². The zero-order chi connectivity index (χ0) is 10.5. The van der Waals surface area contributed by atoms with Gasteiger partial charge in [0.2, 0.25) is 5.95 Å². The van der Waals surface area contributed by atoms with Gasteiger partial charge in [0, 0.05) is 24.5 Å². The summed E-state index contributed by atoms with van der Waals surface area (Å²) in [5.41, 5.74) is 1.90. The Morgan fingerprint density at radius 1 is 1.13 bits per heavy atom. The molecule has 2 rings (SSSR count). The van der Waals surface area contributed by atoms with Gasteiger partial charge in [-0.15, -0.1) is 0 Å². The maximum atomic E-state index is 12.7. The molecule has 0 unspecified atom stereocenters. The number of hydrogen-bond acceptors (Lipinski definition) is 2. The summed E-state index contributed by atoms with van der Waals surface area (Å²) in [4.78, 5) is 3.49. The van der Waals surface area contributed by atoms with Crippen molar-refractivity contribution < 1.29 is 4.39 Å². The van der Waals surface area contributed by atoms with Gasteiger partial charge in [0.05, 0.1) is 0 Å². The quantitative estimate of drug-likeness (QED) is 0.774. The van der Waals surface area contributed by atoms with Gasteiger partial charge in [-0.05, 0) is 11.6 Å². The molecule has 0 saturated heterocycles. The second kappa shape index (κ2) is 4.55. The van der Waals surface area contributed by atoms with Crippen molar-refractivity contribution in [3.8, 4) is 0 Å². The number of benzene rings is 1. The van der Waals surface area contributed by atoms with Crippen molar-refractivity contribution in [1.82, 2.24) is 4.98 Å². The van der Waals surface area contributed by atoms with E-state index in [9.17, 15) is 4.39 Å². The third-order valence-corrected chi connectivity index (χ3v) is 2.07. The van der Waals surface area contributed by atoms with Crippen molar-refractivity contribution in [1.29, 1.82) is 0 Å². The maximum Gasteiger partial charge on any atom is 0.214 e. The average Bonchev–Trinajstić information content (AvgIpc) is 2.28. The number of anilines is 1. The molecule has 0 saturated carbocycles. The van der Waals surface area contributed by atoms with E-state index in [1.54, 1.807) is 6.07 Å². The van der Waals surface area contributed by atoms with Gasteiger partial charge in [-0.1, -0.05) is 30.3 Å². The Hall–Kier alpha value is -1.90. The van der Waals surface area contributed by atoms with E-state index in [1.807, 2.05) is 30.3 Å². The molecule has 0 spiro atoms. The van der Waals surface area contributed by atoms with Crippen LogP contribution in [-0.4, -0.2) is 4.98 Å². The largest absolute Gasteiger partial charge is 0.381 e. The first kappa shape index (κ1) is 9.65. The van der Waals surface area contributed by atoms with Crippen molar-refractivity contribution in [2.75, 3.05) is 5.32 Å². The van der Waals surface area contributed by atoms with Gasteiger partial charge in [-0.2, -0.15) is 4.39 Å². The molecular formula is C12H11FN2. The van der Waals surface area contributed by atoms with E-state index in [-0.39, 0.29) is 0 Å². The Balaban J connectivity index is 1.99. The molecule has 1 aromatic carbocycles. The topological polar surface area (TPSA) is 24.9 Å². The lowest BCUT2D eigenvalue weighted by Gasteiger charge is -2.05. The number of rotatable bonds is 3. The lowest BCUT2D eigenvalue weighted by molar-refractivity contribution is 0.584. The highest BCUT2D eigenvalue weighted by Crippen LogP contribution is 2.08. The van der Waals surface area contributed by atoms with Crippen molar-refractivity contribution in [3.05, 3.63) is 60.2 Å². The van der Waals surface area contributed by atoms with E-state index in [0.717, 1.165) is 11.3 Å². The highest BCUT2D eigenvalue weighted by Gasteiger charge is 1.95. The fourth-order valence-electron chi connectivity index (χ4n) is 1.31. The zero-order valence-electron chi connectivity index (χ0n) is 8.15. The number of halogens is 1. The van der Waals surface area contributed by atoms with Crippen LogP contribution in [0.2, 0.25) is 0 Å². The van der Waals surface area contributed by atoms with Crippen LogP contribution in [0, 0.1) is 5.95 Å². The van der Waals surface area contributed by atoms with Crippen LogP contribution in [0.25, 0.3) is 0 Å². The standard InChI is InChI=1S/C12H11FN2/c13-12-8-11(6-7-14-12)15-9-10-4-2-1-3-5-10/h1-8H,9H2,(H,14,15). The Labute approximate surface area is 87.8 Å². The fraction of sp³-hybridized carbons (Fsp3) is 0.0833. The Kier molecular flexibility index (Phi) is 2.93. The molecule has 0 atom stereocenters. The van der Waals surface area contributed by atoms with E-state index >= 15 is 0 Å². The van der Waals surface area contributed by atoms with E-state index < -0.39 is 5.95 Å². The summed E-state index contributed by atoms with van der Waals surface area (Å²) in [7, 11) is 0. The highest BCUT2D eigenvalue weighted by atomic mass is 19.1. The molecule has 1 aromatic heterocycles. The van der Waals surface area contributed by atoms with Gasteiger partial charge in [-0.25, -0.2) is 4.98 Å². The Morgan fingerprint density at radius 3 is 2.67 bits per heavy atom. The third-order valence-electron chi connectivity index (χ3n) is 2.07. The summed E-state index contributed by atoms with van der Waals surface area (Å²) in [6.45, 7) is 0.685. The Bertz CT molecular complexity index is 429. The summed E-state index contributed by atoms with van der Waals surface area (Å²) >= 11 is 0. The molecule has 0 radical (unpaired) electrons. The Morgan fingerprint density at radius 2 is 1.93 bits per heavy atom. The number of hydrogen-bond donors (Lipinski definition) is 1. The molecular weight excluding hydrogens is 191 g/mol. The minimum absolute atomic E-state index is 0.465. The zero-order valence-corrected chi connectivity index (χ0v) is 8.15. The van der Waals surface area contributed by atoms with Crippen LogP contribution < -0.4 is 5.32 Å². The number of nitrogens with zero attached hydrogens (tertiary/aromatic N) is 1. The summed E-state index contributed by atoms with van der Waals surface area (Å²) in [5, 5.41) is 3.12.